The van der Waals surface area contributed by atoms with Gasteiger partial charge < -0.3 is 4.74 Å². The largest absolute Gasteiger partial charge is 0.421 e. The molecule has 0 amide bonds. The average molecular weight is 327 g/mol. The van der Waals surface area contributed by atoms with Crippen molar-refractivity contribution >= 4 is 17.9 Å². The van der Waals surface area contributed by atoms with Crippen molar-refractivity contribution in [2.75, 3.05) is 0 Å². The van der Waals surface area contributed by atoms with Gasteiger partial charge in [-0.15, -0.1) is 0 Å². The van der Waals surface area contributed by atoms with Crippen molar-refractivity contribution in [1.82, 2.24) is 0 Å². The Bertz CT molecular complexity index is 870. The van der Waals surface area contributed by atoms with E-state index in [0.29, 0.717) is 11.3 Å². The number of nitrogens with zero attached hydrogens (tertiary/aromatic N) is 1. The van der Waals surface area contributed by atoms with E-state index in [2.05, 4.69) is 4.99 Å². The van der Waals surface area contributed by atoms with Crippen LogP contribution in [-0.2, 0) is 4.74 Å². The van der Waals surface area contributed by atoms with E-state index < -0.39 is 5.97 Å². The van der Waals surface area contributed by atoms with Gasteiger partial charge in [0, 0.05) is 11.8 Å². The molecule has 0 saturated heterocycles. The summed E-state index contributed by atoms with van der Waals surface area (Å²) in [6, 6.07) is 28.1. The maximum absolute atomic E-state index is 12.3. The molecule has 3 heteroatoms. The molecule has 3 aromatic rings. The van der Waals surface area contributed by atoms with Crippen LogP contribution >= 0.6 is 0 Å². The van der Waals surface area contributed by atoms with Gasteiger partial charge in [0.25, 0.3) is 0 Å². The number of hydrogen-bond acceptors (Lipinski definition) is 3. The van der Waals surface area contributed by atoms with Gasteiger partial charge in [-0.3, -0.25) is 4.99 Å². The molecule has 0 aliphatic rings. The van der Waals surface area contributed by atoms with Crippen molar-refractivity contribution in [2.45, 2.75) is 0 Å². The van der Waals surface area contributed by atoms with Gasteiger partial charge in [0.1, 0.15) is 0 Å². The van der Waals surface area contributed by atoms with Gasteiger partial charge in [-0.25, -0.2) is 4.79 Å². The number of esters is 1. The van der Waals surface area contributed by atoms with E-state index in [1.165, 1.54) is 0 Å². The minimum atomic E-state index is -0.411. The Morgan fingerprint density at radius 2 is 1.24 bits per heavy atom. The molecule has 25 heavy (non-hydrogen) atoms. The SMILES string of the molecule is O=C(OC(=CN=Cc1ccccc1)c1ccccc1)c1ccccc1. The summed E-state index contributed by atoms with van der Waals surface area (Å²) >= 11 is 0. The van der Waals surface area contributed by atoms with Crippen molar-refractivity contribution in [1.29, 1.82) is 0 Å². The summed E-state index contributed by atoms with van der Waals surface area (Å²) in [5, 5.41) is 0. The molecule has 3 nitrogen and oxygen atoms in total. The minimum Gasteiger partial charge on any atom is -0.421 e. The maximum atomic E-state index is 12.3. The number of rotatable bonds is 5. The predicted octanol–water partition coefficient (Wildman–Crippen LogP) is 4.96. The van der Waals surface area contributed by atoms with E-state index in [-0.39, 0.29) is 0 Å². The van der Waals surface area contributed by atoms with Gasteiger partial charge in [-0.2, -0.15) is 0 Å². The summed E-state index contributed by atoms with van der Waals surface area (Å²) in [5.41, 5.74) is 2.26. The van der Waals surface area contributed by atoms with Crippen molar-refractivity contribution in [3.63, 3.8) is 0 Å². The molecular weight excluding hydrogens is 310 g/mol. The molecule has 3 rings (SSSR count). The zero-order valence-corrected chi connectivity index (χ0v) is 13.6. The normalized spacial score (nSPS) is 11.4. The first-order valence-electron chi connectivity index (χ1n) is 7.94. The van der Waals surface area contributed by atoms with Crippen LogP contribution in [0.15, 0.2) is 102 Å². The van der Waals surface area contributed by atoms with Gasteiger partial charge in [0.2, 0.25) is 0 Å². The van der Waals surface area contributed by atoms with Crippen LogP contribution in [-0.4, -0.2) is 12.2 Å². The zero-order valence-electron chi connectivity index (χ0n) is 13.6. The Balaban J connectivity index is 1.84. The summed E-state index contributed by atoms with van der Waals surface area (Å²) < 4.78 is 5.57. The highest BCUT2D eigenvalue weighted by atomic mass is 16.5. The smallest absolute Gasteiger partial charge is 0.343 e. The fraction of sp³-hybridized carbons (Fsp3) is 0. The maximum Gasteiger partial charge on any atom is 0.343 e. The van der Waals surface area contributed by atoms with Crippen molar-refractivity contribution in [2.24, 2.45) is 4.99 Å². The molecule has 0 heterocycles. The quantitative estimate of drug-likeness (QED) is 0.377. The summed E-state index contributed by atoms with van der Waals surface area (Å²) in [5.74, 6) is -0.00718. The summed E-state index contributed by atoms with van der Waals surface area (Å²) in [4.78, 5) is 16.6. The van der Waals surface area contributed by atoms with Crippen LogP contribution in [0.25, 0.3) is 5.76 Å². The zero-order chi connectivity index (χ0) is 17.3. The molecule has 0 bridgehead atoms. The summed E-state index contributed by atoms with van der Waals surface area (Å²) in [6.07, 6.45) is 3.28. The van der Waals surface area contributed by atoms with Crippen LogP contribution in [0.3, 0.4) is 0 Å². The number of ether oxygens (including phenoxy) is 1. The van der Waals surface area contributed by atoms with Crippen LogP contribution in [0.5, 0.6) is 0 Å². The van der Waals surface area contributed by atoms with E-state index >= 15 is 0 Å². The monoisotopic (exact) mass is 327 g/mol. The molecule has 0 aromatic heterocycles. The molecule has 0 aliphatic carbocycles. The van der Waals surface area contributed by atoms with Gasteiger partial charge in [0.05, 0.1) is 11.8 Å². The third-order valence-electron chi connectivity index (χ3n) is 3.49. The molecule has 0 spiro atoms. The second-order valence-corrected chi connectivity index (χ2v) is 5.30. The van der Waals surface area contributed by atoms with Gasteiger partial charge in [0.15, 0.2) is 5.76 Å². The van der Waals surface area contributed by atoms with Crippen molar-refractivity contribution < 1.29 is 9.53 Å². The van der Waals surface area contributed by atoms with Gasteiger partial charge in [-0.05, 0) is 17.7 Å². The van der Waals surface area contributed by atoms with Crippen LogP contribution in [0.2, 0.25) is 0 Å². The number of benzene rings is 3. The van der Waals surface area contributed by atoms with Gasteiger partial charge >= 0.3 is 5.97 Å². The van der Waals surface area contributed by atoms with Crippen LogP contribution in [0.1, 0.15) is 21.5 Å². The van der Waals surface area contributed by atoms with Crippen LogP contribution < -0.4 is 0 Å². The van der Waals surface area contributed by atoms with Crippen LogP contribution in [0, 0.1) is 0 Å². The molecule has 0 unspecified atom stereocenters. The first-order chi connectivity index (χ1) is 12.3. The Hall–Kier alpha value is -3.46. The van der Waals surface area contributed by atoms with Gasteiger partial charge in [-0.1, -0.05) is 78.9 Å². The fourth-order valence-corrected chi connectivity index (χ4v) is 2.23. The number of carbonyl (C=O) groups is 1. The molecule has 0 N–H and O–H groups in total. The Kier molecular flexibility index (Phi) is 5.52. The van der Waals surface area contributed by atoms with E-state index in [9.17, 15) is 4.79 Å². The standard InChI is InChI=1S/C22H17NO2/c24-22(20-14-8-3-9-15-20)25-21(19-12-6-2-7-13-19)17-23-16-18-10-4-1-5-11-18/h1-17H. The highest BCUT2D eigenvalue weighted by molar-refractivity contribution is 5.93. The second-order valence-electron chi connectivity index (χ2n) is 5.30. The molecule has 0 atom stereocenters. The Morgan fingerprint density at radius 3 is 1.84 bits per heavy atom. The molecule has 0 saturated carbocycles. The summed E-state index contributed by atoms with van der Waals surface area (Å²) in [6.45, 7) is 0. The number of hydrogen-bond donors (Lipinski definition) is 0. The number of carbonyl (C=O) groups excluding carboxylic acids is 1. The predicted molar refractivity (Wildman–Crippen MR) is 100 cm³/mol. The lowest BCUT2D eigenvalue weighted by molar-refractivity contribution is 0.0691. The van der Waals surface area contributed by atoms with Crippen molar-refractivity contribution in [3.05, 3.63) is 114 Å². The summed E-state index contributed by atoms with van der Waals surface area (Å²) in [7, 11) is 0. The first-order valence-corrected chi connectivity index (χ1v) is 7.94. The second kappa shape index (κ2) is 8.41. The molecular formula is C22H17NO2. The minimum absolute atomic E-state index is 0.404. The molecule has 0 fully saturated rings. The lowest BCUT2D eigenvalue weighted by atomic mass is 10.2. The number of aliphatic imine (C=N–C) groups is 1. The lowest BCUT2D eigenvalue weighted by Gasteiger charge is -2.08. The average Bonchev–Trinajstić information content (AvgIpc) is 2.69. The molecule has 0 radical (unpaired) electrons. The van der Waals surface area contributed by atoms with E-state index in [0.717, 1.165) is 11.1 Å². The van der Waals surface area contributed by atoms with Crippen molar-refractivity contribution in [3.8, 4) is 0 Å². The third kappa shape index (κ3) is 4.75. The fourth-order valence-electron chi connectivity index (χ4n) is 2.23. The van der Waals surface area contributed by atoms with E-state index in [1.54, 1.807) is 36.7 Å². The Morgan fingerprint density at radius 1 is 0.720 bits per heavy atom. The molecule has 0 aliphatic heterocycles. The topological polar surface area (TPSA) is 38.7 Å². The highest BCUT2D eigenvalue weighted by Gasteiger charge is 2.11. The molecule has 122 valence electrons. The Labute approximate surface area is 146 Å². The van der Waals surface area contributed by atoms with Crippen LogP contribution in [0.4, 0.5) is 0 Å². The third-order valence-corrected chi connectivity index (χ3v) is 3.49. The lowest BCUT2D eigenvalue weighted by Crippen LogP contribution is -2.04. The first kappa shape index (κ1) is 16.4. The highest BCUT2D eigenvalue weighted by Crippen LogP contribution is 2.18. The van der Waals surface area contributed by atoms with E-state index in [4.69, 9.17) is 4.74 Å². The molecule has 3 aromatic carbocycles. The van der Waals surface area contributed by atoms with E-state index in [1.807, 2.05) is 66.7 Å².